The smallest absolute Gasteiger partial charge is 0.0846 e. The zero-order valence-electron chi connectivity index (χ0n) is 8.90. The van der Waals surface area contributed by atoms with E-state index in [4.69, 9.17) is 5.26 Å². The summed E-state index contributed by atoms with van der Waals surface area (Å²) in [5.74, 6) is 0.0475. The molecule has 2 heteroatoms. The van der Waals surface area contributed by atoms with Crippen molar-refractivity contribution >= 4 is 11.4 Å². The van der Waals surface area contributed by atoms with Crippen LogP contribution in [0.2, 0.25) is 0 Å². The van der Waals surface area contributed by atoms with Crippen molar-refractivity contribution in [3.8, 4) is 6.07 Å². The molecule has 1 aliphatic carbocycles. The van der Waals surface area contributed by atoms with Gasteiger partial charge in [0, 0.05) is 5.71 Å². The number of rotatable bonds is 1. The van der Waals surface area contributed by atoms with Crippen molar-refractivity contribution in [2.45, 2.75) is 26.2 Å². The van der Waals surface area contributed by atoms with Crippen LogP contribution in [0.15, 0.2) is 29.3 Å². The van der Waals surface area contributed by atoms with E-state index in [1.54, 1.807) is 0 Å². The van der Waals surface area contributed by atoms with E-state index in [0.29, 0.717) is 0 Å². The zero-order valence-corrected chi connectivity index (χ0v) is 8.90. The Morgan fingerprint density at radius 1 is 1.33 bits per heavy atom. The maximum Gasteiger partial charge on any atom is 0.0846 e. The fourth-order valence-corrected chi connectivity index (χ4v) is 1.89. The fraction of sp³-hybridized carbons (Fsp3) is 0.385. The van der Waals surface area contributed by atoms with Crippen LogP contribution in [-0.2, 0) is 0 Å². The molecule has 0 heterocycles. The Morgan fingerprint density at radius 3 is 2.73 bits per heavy atom. The second-order valence-electron chi connectivity index (χ2n) is 4.01. The topological polar surface area (TPSA) is 36.1 Å². The Morgan fingerprint density at radius 2 is 2.07 bits per heavy atom. The van der Waals surface area contributed by atoms with Gasteiger partial charge in [0.1, 0.15) is 0 Å². The van der Waals surface area contributed by atoms with Crippen molar-refractivity contribution in [3.05, 3.63) is 29.8 Å². The molecule has 0 N–H and O–H groups in total. The largest absolute Gasteiger partial charge is 0.256 e. The van der Waals surface area contributed by atoms with Gasteiger partial charge in [-0.1, -0.05) is 17.7 Å². The highest BCUT2D eigenvalue weighted by atomic mass is 14.8. The maximum absolute atomic E-state index is 8.93. The molecule has 0 aliphatic heterocycles. The summed E-state index contributed by atoms with van der Waals surface area (Å²) in [6.45, 7) is 2.06. The minimum Gasteiger partial charge on any atom is -0.256 e. The number of benzene rings is 1. The number of hydrogen-bond donors (Lipinski definition) is 0. The highest BCUT2D eigenvalue weighted by molar-refractivity contribution is 5.92. The molecular weight excluding hydrogens is 184 g/mol. The summed E-state index contributed by atoms with van der Waals surface area (Å²) >= 11 is 0. The Kier molecular flexibility index (Phi) is 2.82. The van der Waals surface area contributed by atoms with E-state index in [1.165, 1.54) is 5.56 Å². The lowest BCUT2D eigenvalue weighted by Crippen LogP contribution is -2.02. The summed E-state index contributed by atoms with van der Waals surface area (Å²) in [5, 5.41) is 8.93. The second-order valence-corrected chi connectivity index (χ2v) is 4.01. The lowest BCUT2D eigenvalue weighted by atomic mass is 10.1. The lowest BCUT2D eigenvalue weighted by molar-refractivity contribution is 0.795. The van der Waals surface area contributed by atoms with E-state index in [0.717, 1.165) is 30.7 Å². The molecule has 1 aliphatic rings. The van der Waals surface area contributed by atoms with Gasteiger partial charge in [-0.3, -0.25) is 4.99 Å². The van der Waals surface area contributed by atoms with Gasteiger partial charge in [-0.15, -0.1) is 0 Å². The van der Waals surface area contributed by atoms with Gasteiger partial charge in [0.15, 0.2) is 0 Å². The average molecular weight is 198 g/mol. The van der Waals surface area contributed by atoms with Crippen molar-refractivity contribution < 1.29 is 0 Å². The molecule has 76 valence electrons. The third kappa shape index (κ3) is 2.24. The third-order valence-corrected chi connectivity index (χ3v) is 2.79. The van der Waals surface area contributed by atoms with Crippen LogP contribution >= 0.6 is 0 Å². The molecule has 1 saturated carbocycles. The normalized spacial score (nSPS) is 22.9. The molecule has 1 atom stereocenters. The predicted molar refractivity (Wildman–Crippen MR) is 61.2 cm³/mol. The molecule has 2 rings (SSSR count). The molecule has 0 aromatic heterocycles. The van der Waals surface area contributed by atoms with E-state index in [9.17, 15) is 0 Å². The average Bonchev–Trinajstić information content (AvgIpc) is 2.69. The van der Waals surface area contributed by atoms with E-state index >= 15 is 0 Å². The molecule has 1 unspecified atom stereocenters. The molecule has 2 nitrogen and oxygen atoms in total. The standard InChI is InChI=1S/C13H14N2/c1-10-5-7-12(8-6-10)15-13-4-2-3-11(13)9-14/h5-8,11H,2-4H2,1H3/b15-13+. The van der Waals surface area contributed by atoms with E-state index in [-0.39, 0.29) is 5.92 Å². The first-order chi connectivity index (χ1) is 7.29. The Balaban J connectivity index is 2.23. The van der Waals surface area contributed by atoms with Gasteiger partial charge in [-0.2, -0.15) is 5.26 Å². The van der Waals surface area contributed by atoms with Gasteiger partial charge in [0.2, 0.25) is 0 Å². The van der Waals surface area contributed by atoms with E-state index < -0.39 is 0 Å². The van der Waals surface area contributed by atoms with Crippen LogP contribution in [0.3, 0.4) is 0 Å². The fourth-order valence-electron chi connectivity index (χ4n) is 1.89. The van der Waals surface area contributed by atoms with Gasteiger partial charge in [-0.25, -0.2) is 0 Å². The third-order valence-electron chi connectivity index (χ3n) is 2.79. The number of aryl methyl sites for hydroxylation is 1. The van der Waals surface area contributed by atoms with Crippen molar-refractivity contribution in [3.63, 3.8) is 0 Å². The van der Waals surface area contributed by atoms with Gasteiger partial charge >= 0.3 is 0 Å². The molecule has 1 aromatic rings. The SMILES string of the molecule is Cc1ccc(/N=C2\CCCC2C#N)cc1. The van der Waals surface area contributed by atoms with Crippen molar-refractivity contribution in [2.24, 2.45) is 10.9 Å². The summed E-state index contributed by atoms with van der Waals surface area (Å²) in [5.41, 5.74) is 3.27. The maximum atomic E-state index is 8.93. The molecule has 0 bridgehead atoms. The summed E-state index contributed by atoms with van der Waals surface area (Å²) < 4.78 is 0. The van der Waals surface area contributed by atoms with Crippen molar-refractivity contribution in [1.82, 2.24) is 0 Å². The Hall–Kier alpha value is -1.62. The van der Waals surface area contributed by atoms with Crippen LogP contribution in [-0.4, -0.2) is 5.71 Å². The molecule has 0 spiro atoms. The van der Waals surface area contributed by atoms with Crippen LogP contribution in [0, 0.1) is 24.2 Å². The van der Waals surface area contributed by atoms with Gasteiger partial charge < -0.3 is 0 Å². The quantitative estimate of drug-likeness (QED) is 0.681. The number of nitrogens with zero attached hydrogens (tertiary/aromatic N) is 2. The lowest BCUT2D eigenvalue weighted by Gasteiger charge is -2.01. The molecule has 0 amide bonds. The van der Waals surface area contributed by atoms with Crippen LogP contribution in [0.5, 0.6) is 0 Å². The molecule has 15 heavy (non-hydrogen) atoms. The highest BCUT2D eigenvalue weighted by Gasteiger charge is 2.21. The van der Waals surface area contributed by atoms with E-state index in [1.807, 2.05) is 12.1 Å². The summed E-state index contributed by atoms with van der Waals surface area (Å²) in [4.78, 5) is 4.55. The summed E-state index contributed by atoms with van der Waals surface area (Å²) in [6.07, 6.45) is 3.05. The molecular formula is C13H14N2. The number of aliphatic imine (C=N–C) groups is 1. The molecule has 1 aromatic carbocycles. The molecule has 0 radical (unpaired) electrons. The molecule has 0 saturated heterocycles. The second kappa shape index (κ2) is 4.27. The summed E-state index contributed by atoms with van der Waals surface area (Å²) in [6, 6.07) is 10.4. The Labute approximate surface area is 90.3 Å². The minimum atomic E-state index is 0.0475. The van der Waals surface area contributed by atoms with Crippen LogP contribution < -0.4 is 0 Å². The van der Waals surface area contributed by atoms with Gasteiger partial charge in [0.25, 0.3) is 0 Å². The first kappa shape index (κ1) is 9.92. The molecule has 1 fully saturated rings. The van der Waals surface area contributed by atoms with Crippen LogP contribution in [0.25, 0.3) is 0 Å². The van der Waals surface area contributed by atoms with Gasteiger partial charge in [0.05, 0.1) is 17.7 Å². The highest BCUT2D eigenvalue weighted by Crippen LogP contribution is 2.25. The number of nitriles is 1. The van der Waals surface area contributed by atoms with Crippen LogP contribution in [0.1, 0.15) is 24.8 Å². The van der Waals surface area contributed by atoms with Crippen molar-refractivity contribution in [2.75, 3.05) is 0 Å². The first-order valence-electron chi connectivity index (χ1n) is 5.33. The Bertz CT molecular complexity index is 409. The predicted octanol–water partition coefficient (Wildman–Crippen LogP) is 3.39. The zero-order chi connectivity index (χ0) is 10.7. The van der Waals surface area contributed by atoms with Crippen molar-refractivity contribution in [1.29, 1.82) is 5.26 Å². The van der Waals surface area contributed by atoms with E-state index in [2.05, 4.69) is 30.1 Å². The van der Waals surface area contributed by atoms with Gasteiger partial charge in [-0.05, 0) is 38.3 Å². The first-order valence-corrected chi connectivity index (χ1v) is 5.33. The monoisotopic (exact) mass is 198 g/mol. The summed E-state index contributed by atoms with van der Waals surface area (Å²) in [7, 11) is 0. The van der Waals surface area contributed by atoms with Crippen LogP contribution in [0.4, 0.5) is 5.69 Å². The number of hydrogen-bond acceptors (Lipinski definition) is 2. The minimum absolute atomic E-state index is 0.0475.